The van der Waals surface area contributed by atoms with Gasteiger partial charge in [-0.3, -0.25) is 19.1 Å². The van der Waals surface area contributed by atoms with Gasteiger partial charge in [0.15, 0.2) is 0 Å². The summed E-state index contributed by atoms with van der Waals surface area (Å²) in [6.45, 7) is 8.23. The lowest BCUT2D eigenvalue weighted by Gasteiger charge is -2.42. The molecule has 196 valence electrons. The number of carbonyl (C=O) groups excluding carboxylic acids is 1. The largest absolute Gasteiger partial charge is 0.495 e. The van der Waals surface area contributed by atoms with E-state index in [0.717, 1.165) is 12.0 Å². The Morgan fingerprint density at radius 2 is 1.74 bits per heavy atom. The number of rotatable bonds is 6. The number of benzene rings is 3. The van der Waals surface area contributed by atoms with Crippen LogP contribution in [0, 0.1) is 0 Å². The summed E-state index contributed by atoms with van der Waals surface area (Å²) in [5.41, 5.74) is 3.15. The number of nitrogens with zero attached hydrogens (tertiary/aromatic N) is 4. The third kappa shape index (κ3) is 4.70. The fourth-order valence-electron chi connectivity index (χ4n) is 5.33. The number of carbonyl (C=O) groups is 1. The second-order valence-electron chi connectivity index (χ2n) is 9.87. The van der Waals surface area contributed by atoms with Crippen molar-refractivity contribution in [3.8, 4) is 11.4 Å². The highest BCUT2D eigenvalue weighted by Crippen LogP contribution is 2.29. The molecule has 2 atom stereocenters. The van der Waals surface area contributed by atoms with Crippen LogP contribution < -0.4 is 10.3 Å². The van der Waals surface area contributed by atoms with Gasteiger partial charge in [-0.15, -0.1) is 0 Å². The van der Waals surface area contributed by atoms with Crippen molar-refractivity contribution in [2.24, 2.45) is 0 Å². The predicted octanol–water partition coefficient (Wildman–Crippen LogP) is 4.86. The third-order valence-electron chi connectivity index (χ3n) is 7.58. The summed E-state index contributed by atoms with van der Waals surface area (Å²) in [6, 6.07) is 22.7. The molecule has 7 nitrogen and oxygen atoms in total. The van der Waals surface area contributed by atoms with Gasteiger partial charge in [-0.2, -0.15) is 0 Å². The Morgan fingerprint density at radius 3 is 2.45 bits per heavy atom. The summed E-state index contributed by atoms with van der Waals surface area (Å²) in [7, 11) is 1.61. The first-order chi connectivity index (χ1) is 18.4. The number of hydrogen-bond acceptors (Lipinski definition) is 5. The van der Waals surface area contributed by atoms with E-state index in [9.17, 15) is 9.59 Å². The summed E-state index contributed by atoms with van der Waals surface area (Å²) in [4.78, 5) is 36.3. The topological polar surface area (TPSA) is 67.7 Å². The lowest BCUT2D eigenvalue weighted by Crippen LogP contribution is -2.54. The summed E-state index contributed by atoms with van der Waals surface area (Å²) in [5.74, 6) is 1.32. The van der Waals surface area contributed by atoms with Crippen molar-refractivity contribution in [3.63, 3.8) is 0 Å². The van der Waals surface area contributed by atoms with E-state index in [2.05, 4.69) is 25.7 Å². The predicted molar refractivity (Wildman–Crippen MR) is 150 cm³/mol. The number of methoxy groups -OCH3 is 1. The van der Waals surface area contributed by atoms with Gasteiger partial charge in [0.25, 0.3) is 11.5 Å². The minimum absolute atomic E-state index is 0.0106. The van der Waals surface area contributed by atoms with Crippen molar-refractivity contribution in [2.45, 2.75) is 39.3 Å². The van der Waals surface area contributed by atoms with Crippen molar-refractivity contribution >= 4 is 16.8 Å². The lowest BCUT2D eigenvalue weighted by molar-refractivity contribution is 0.0394. The fraction of sp³-hybridized carbons (Fsp3) is 0.323. The smallest absolute Gasteiger partial charge is 0.266 e. The molecule has 1 fully saturated rings. The molecule has 0 N–H and O–H groups in total. The molecule has 0 radical (unpaired) electrons. The molecule has 0 bridgehead atoms. The zero-order valence-electron chi connectivity index (χ0n) is 22.4. The molecule has 0 spiro atoms. The standard InChI is InChI=1S/C31H34N4O3/c1-5-23-14-16-24(17-15-23)30(36)34-19-18-33(20-21(34)2)22(3)29-32-26-11-7-6-10-25(26)31(37)35(29)27-12-8-9-13-28(27)38-4/h6-17,21-22H,5,18-20H2,1-4H3. The quantitative estimate of drug-likeness (QED) is 0.371. The number of para-hydroxylation sites is 3. The number of amides is 1. The third-order valence-corrected chi connectivity index (χ3v) is 7.58. The molecule has 38 heavy (non-hydrogen) atoms. The number of hydrogen-bond donors (Lipinski definition) is 0. The summed E-state index contributed by atoms with van der Waals surface area (Å²) >= 11 is 0. The molecule has 1 aliphatic rings. The first-order valence-corrected chi connectivity index (χ1v) is 13.2. The van der Waals surface area contributed by atoms with Gasteiger partial charge in [-0.1, -0.05) is 43.3 Å². The Balaban J connectivity index is 1.47. The average molecular weight is 511 g/mol. The summed E-state index contributed by atoms with van der Waals surface area (Å²) < 4.78 is 7.30. The second kappa shape index (κ2) is 10.8. The van der Waals surface area contributed by atoms with E-state index in [1.54, 1.807) is 11.7 Å². The molecule has 2 unspecified atom stereocenters. The van der Waals surface area contributed by atoms with Crippen LogP contribution in [-0.2, 0) is 6.42 Å². The number of piperazine rings is 1. The molecule has 2 heterocycles. The van der Waals surface area contributed by atoms with Gasteiger partial charge in [0.2, 0.25) is 0 Å². The highest BCUT2D eigenvalue weighted by atomic mass is 16.5. The van der Waals surface area contributed by atoms with Gasteiger partial charge in [0.1, 0.15) is 11.6 Å². The van der Waals surface area contributed by atoms with Crippen LogP contribution in [0.4, 0.5) is 0 Å². The molecule has 0 aliphatic carbocycles. The molecule has 1 saturated heterocycles. The summed E-state index contributed by atoms with van der Waals surface area (Å²) in [5, 5.41) is 0.562. The Labute approximate surface area is 223 Å². The fourth-order valence-corrected chi connectivity index (χ4v) is 5.33. The molecule has 1 aliphatic heterocycles. The van der Waals surface area contributed by atoms with Crippen LogP contribution in [0.3, 0.4) is 0 Å². The van der Waals surface area contributed by atoms with Crippen LogP contribution >= 0.6 is 0 Å². The Bertz CT molecular complexity index is 1510. The Morgan fingerprint density at radius 1 is 1.03 bits per heavy atom. The van der Waals surface area contributed by atoms with Crippen molar-refractivity contribution < 1.29 is 9.53 Å². The van der Waals surface area contributed by atoms with E-state index < -0.39 is 0 Å². The minimum Gasteiger partial charge on any atom is -0.495 e. The van der Waals surface area contributed by atoms with Crippen LogP contribution in [0.5, 0.6) is 5.75 Å². The van der Waals surface area contributed by atoms with E-state index in [1.165, 1.54) is 5.56 Å². The van der Waals surface area contributed by atoms with Crippen LogP contribution in [0.2, 0.25) is 0 Å². The number of aryl methyl sites for hydroxylation is 1. The Kier molecular flexibility index (Phi) is 7.29. The van der Waals surface area contributed by atoms with Crippen molar-refractivity contribution in [3.05, 3.63) is 100 Å². The lowest BCUT2D eigenvalue weighted by atomic mass is 10.1. The van der Waals surface area contributed by atoms with E-state index in [0.29, 0.717) is 47.8 Å². The summed E-state index contributed by atoms with van der Waals surface area (Å²) in [6.07, 6.45) is 0.949. The maximum absolute atomic E-state index is 13.8. The number of ether oxygens (including phenoxy) is 1. The molecule has 5 rings (SSSR count). The molecule has 4 aromatic rings. The minimum atomic E-state index is -0.166. The van der Waals surface area contributed by atoms with Crippen LogP contribution in [-0.4, -0.2) is 58.0 Å². The maximum Gasteiger partial charge on any atom is 0.266 e. The number of fused-ring (bicyclic) bond motifs is 1. The van der Waals surface area contributed by atoms with E-state index >= 15 is 0 Å². The molecule has 3 aromatic carbocycles. The Hall–Kier alpha value is -3.97. The van der Waals surface area contributed by atoms with Crippen LogP contribution in [0.1, 0.15) is 48.6 Å². The molecule has 7 heteroatoms. The van der Waals surface area contributed by atoms with Gasteiger partial charge in [-0.05, 0) is 62.2 Å². The molecular formula is C31H34N4O3. The van der Waals surface area contributed by atoms with Gasteiger partial charge >= 0.3 is 0 Å². The SMILES string of the molecule is CCc1ccc(C(=O)N2CCN(C(C)c3nc4ccccc4c(=O)n3-c3ccccc3OC)CC2C)cc1. The van der Waals surface area contributed by atoms with Crippen molar-refractivity contribution in [1.82, 2.24) is 19.4 Å². The van der Waals surface area contributed by atoms with Gasteiger partial charge < -0.3 is 9.64 Å². The van der Waals surface area contributed by atoms with Crippen LogP contribution in [0.25, 0.3) is 16.6 Å². The highest BCUT2D eigenvalue weighted by Gasteiger charge is 2.32. The first kappa shape index (κ1) is 25.7. The van der Waals surface area contributed by atoms with Gasteiger partial charge in [0, 0.05) is 31.2 Å². The number of aromatic nitrogens is 2. The van der Waals surface area contributed by atoms with Crippen molar-refractivity contribution in [1.29, 1.82) is 0 Å². The molecule has 1 amide bonds. The zero-order valence-corrected chi connectivity index (χ0v) is 22.4. The van der Waals surface area contributed by atoms with Crippen LogP contribution in [0.15, 0.2) is 77.6 Å². The van der Waals surface area contributed by atoms with Gasteiger partial charge in [-0.25, -0.2) is 4.98 Å². The van der Waals surface area contributed by atoms with Crippen molar-refractivity contribution in [2.75, 3.05) is 26.7 Å². The highest BCUT2D eigenvalue weighted by molar-refractivity contribution is 5.94. The second-order valence-corrected chi connectivity index (χ2v) is 9.87. The zero-order chi connectivity index (χ0) is 26.8. The molecular weight excluding hydrogens is 476 g/mol. The van der Waals surface area contributed by atoms with E-state index in [-0.39, 0.29) is 23.6 Å². The monoisotopic (exact) mass is 510 g/mol. The average Bonchev–Trinajstić information content (AvgIpc) is 2.96. The first-order valence-electron chi connectivity index (χ1n) is 13.2. The van der Waals surface area contributed by atoms with E-state index in [1.807, 2.05) is 77.7 Å². The molecule has 1 aromatic heterocycles. The molecule has 0 saturated carbocycles. The van der Waals surface area contributed by atoms with E-state index in [4.69, 9.17) is 9.72 Å². The van der Waals surface area contributed by atoms with Gasteiger partial charge in [0.05, 0.1) is 29.7 Å². The normalized spacial score (nSPS) is 16.9. The maximum atomic E-state index is 13.8.